The lowest BCUT2D eigenvalue weighted by atomic mass is 10.1. The van der Waals surface area contributed by atoms with Crippen molar-refractivity contribution in [2.45, 2.75) is 19.1 Å². The summed E-state index contributed by atoms with van der Waals surface area (Å²) in [5.41, 5.74) is 1.79. The molecule has 2 aromatic rings. The van der Waals surface area contributed by atoms with E-state index in [4.69, 9.17) is 11.6 Å². The standard InChI is InChI=1S/C16H22ClN5O/c17-14-3-1-13(2-4-14)16(23)12-22-11-15(19-20-22)5-8-21-9-6-18-7-10-21/h1-4,11,16,18,23H,5-10,12H2/t16-/m0/s1. The van der Waals surface area contributed by atoms with Gasteiger partial charge in [0, 0.05) is 50.4 Å². The van der Waals surface area contributed by atoms with Gasteiger partial charge in [0.05, 0.1) is 18.3 Å². The van der Waals surface area contributed by atoms with Crippen LogP contribution >= 0.6 is 11.6 Å². The topological polar surface area (TPSA) is 66.2 Å². The van der Waals surface area contributed by atoms with Gasteiger partial charge in [-0.25, -0.2) is 4.68 Å². The lowest BCUT2D eigenvalue weighted by Gasteiger charge is -2.26. The molecular formula is C16H22ClN5O. The van der Waals surface area contributed by atoms with E-state index in [1.54, 1.807) is 16.8 Å². The van der Waals surface area contributed by atoms with Gasteiger partial charge < -0.3 is 15.3 Å². The first-order chi connectivity index (χ1) is 11.2. The number of aliphatic hydroxyl groups excluding tert-OH is 1. The van der Waals surface area contributed by atoms with Crippen LogP contribution < -0.4 is 5.32 Å². The van der Waals surface area contributed by atoms with Crippen molar-refractivity contribution in [2.75, 3.05) is 32.7 Å². The predicted molar refractivity (Wildman–Crippen MR) is 89.4 cm³/mol. The van der Waals surface area contributed by atoms with E-state index < -0.39 is 6.10 Å². The van der Waals surface area contributed by atoms with E-state index in [1.807, 2.05) is 18.3 Å². The van der Waals surface area contributed by atoms with Crippen LogP contribution in [0.15, 0.2) is 30.5 Å². The molecule has 0 amide bonds. The van der Waals surface area contributed by atoms with Crippen LogP contribution in [-0.4, -0.2) is 57.7 Å². The van der Waals surface area contributed by atoms with Gasteiger partial charge in [-0.3, -0.25) is 0 Å². The summed E-state index contributed by atoms with van der Waals surface area (Å²) in [6, 6.07) is 7.21. The van der Waals surface area contributed by atoms with E-state index in [2.05, 4.69) is 20.5 Å². The van der Waals surface area contributed by atoms with Crippen LogP contribution in [0.5, 0.6) is 0 Å². The Morgan fingerprint density at radius 2 is 1.96 bits per heavy atom. The number of aliphatic hydroxyl groups is 1. The fraction of sp³-hybridized carbons (Fsp3) is 0.500. The van der Waals surface area contributed by atoms with Crippen LogP contribution in [0.3, 0.4) is 0 Å². The Bertz CT molecular complexity index is 609. The van der Waals surface area contributed by atoms with Crippen molar-refractivity contribution < 1.29 is 5.11 Å². The molecule has 0 radical (unpaired) electrons. The zero-order valence-electron chi connectivity index (χ0n) is 13.0. The van der Waals surface area contributed by atoms with Gasteiger partial charge in [-0.15, -0.1) is 5.10 Å². The van der Waals surface area contributed by atoms with Crippen molar-refractivity contribution in [1.82, 2.24) is 25.2 Å². The number of aromatic nitrogens is 3. The van der Waals surface area contributed by atoms with E-state index in [0.717, 1.165) is 50.4 Å². The van der Waals surface area contributed by atoms with Gasteiger partial charge >= 0.3 is 0 Å². The molecule has 1 aromatic heterocycles. The molecule has 1 saturated heterocycles. The highest BCUT2D eigenvalue weighted by molar-refractivity contribution is 6.30. The molecule has 124 valence electrons. The molecule has 1 atom stereocenters. The summed E-state index contributed by atoms with van der Waals surface area (Å²) < 4.78 is 1.70. The number of halogens is 1. The predicted octanol–water partition coefficient (Wildman–Crippen LogP) is 1.11. The highest BCUT2D eigenvalue weighted by Gasteiger charge is 2.12. The fourth-order valence-corrected chi connectivity index (χ4v) is 2.84. The lowest BCUT2D eigenvalue weighted by molar-refractivity contribution is 0.150. The Hall–Kier alpha value is -1.47. The summed E-state index contributed by atoms with van der Waals surface area (Å²) in [7, 11) is 0. The minimum Gasteiger partial charge on any atom is -0.386 e. The molecule has 0 spiro atoms. The molecule has 0 aliphatic carbocycles. The molecule has 1 aromatic carbocycles. The number of hydrogen-bond acceptors (Lipinski definition) is 5. The molecule has 2 heterocycles. The van der Waals surface area contributed by atoms with Crippen molar-refractivity contribution in [3.63, 3.8) is 0 Å². The summed E-state index contributed by atoms with van der Waals surface area (Å²) in [5.74, 6) is 0. The zero-order chi connectivity index (χ0) is 16.1. The Labute approximate surface area is 141 Å². The maximum atomic E-state index is 10.3. The second-order valence-electron chi connectivity index (χ2n) is 5.84. The summed E-state index contributed by atoms with van der Waals surface area (Å²) in [6.07, 6.45) is 2.19. The number of rotatable bonds is 6. The third-order valence-electron chi connectivity index (χ3n) is 4.09. The maximum absolute atomic E-state index is 10.3. The molecule has 3 rings (SSSR count). The summed E-state index contributed by atoms with van der Waals surface area (Å²) >= 11 is 5.86. The molecule has 0 unspecified atom stereocenters. The second kappa shape index (κ2) is 7.88. The van der Waals surface area contributed by atoms with E-state index in [0.29, 0.717) is 11.6 Å². The lowest BCUT2D eigenvalue weighted by Crippen LogP contribution is -2.44. The van der Waals surface area contributed by atoms with E-state index in [9.17, 15) is 5.11 Å². The van der Waals surface area contributed by atoms with Gasteiger partial charge in [-0.05, 0) is 17.7 Å². The molecule has 0 saturated carbocycles. The number of hydrogen-bond donors (Lipinski definition) is 2. The highest BCUT2D eigenvalue weighted by Crippen LogP contribution is 2.17. The third-order valence-corrected chi connectivity index (χ3v) is 4.35. The van der Waals surface area contributed by atoms with Crippen LogP contribution in [0.2, 0.25) is 5.02 Å². The SMILES string of the molecule is O[C@@H](Cn1cc(CCN2CCNCC2)nn1)c1ccc(Cl)cc1. The van der Waals surface area contributed by atoms with Crippen LogP contribution in [0.1, 0.15) is 17.4 Å². The van der Waals surface area contributed by atoms with Crippen molar-refractivity contribution in [3.8, 4) is 0 Å². The average molecular weight is 336 g/mol. The van der Waals surface area contributed by atoms with Gasteiger partial charge in [0.25, 0.3) is 0 Å². The van der Waals surface area contributed by atoms with Crippen molar-refractivity contribution in [2.24, 2.45) is 0 Å². The molecule has 23 heavy (non-hydrogen) atoms. The van der Waals surface area contributed by atoms with Crippen LogP contribution in [0.25, 0.3) is 0 Å². The smallest absolute Gasteiger partial charge is 0.0986 e. The average Bonchev–Trinajstić information content (AvgIpc) is 3.02. The van der Waals surface area contributed by atoms with Crippen LogP contribution in [-0.2, 0) is 13.0 Å². The molecule has 0 bridgehead atoms. The molecule has 1 aliphatic heterocycles. The molecule has 1 aliphatic rings. The monoisotopic (exact) mass is 335 g/mol. The number of nitrogens with zero attached hydrogens (tertiary/aromatic N) is 4. The quantitative estimate of drug-likeness (QED) is 0.828. The normalized spacial score (nSPS) is 17.3. The molecule has 1 fully saturated rings. The maximum Gasteiger partial charge on any atom is 0.0986 e. The Morgan fingerprint density at radius 3 is 2.70 bits per heavy atom. The van der Waals surface area contributed by atoms with Gasteiger partial charge in [0.1, 0.15) is 0 Å². The van der Waals surface area contributed by atoms with Gasteiger partial charge in [-0.1, -0.05) is 28.9 Å². The number of nitrogens with one attached hydrogen (secondary N) is 1. The number of piperazine rings is 1. The first-order valence-corrected chi connectivity index (χ1v) is 8.34. The minimum absolute atomic E-state index is 0.391. The van der Waals surface area contributed by atoms with Crippen molar-refractivity contribution in [1.29, 1.82) is 0 Å². The third kappa shape index (κ3) is 4.75. The van der Waals surface area contributed by atoms with Gasteiger partial charge in [-0.2, -0.15) is 0 Å². The number of benzene rings is 1. The van der Waals surface area contributed by atoms with Crippen LogP contribution in [0.4, 0.5) is 0 Å². The van der Waals surface area contributed by atoms with E-state index in [-0.39, 0.29) is 0 Å². The summed E-state index contributed by atoms with van der Waals surface area (Å²) in [6.45, 7) is 5.68. The molecule has 6 nitrogen and oxygen atoms in total. The second-order valence-corrected chi connectivity index (χ2v) is 6.28. The highest BCUT2D eigenvalue weighted by atomic mass is 35.5. The molecule has 7 heteroatoms. The van der Waals surface area contributed by atoms with Gasteiger partial charge in [0.15, 0.2) is 0 Å². The van der Waals surface area contributed by atoms with E-state index in [1.165, 1.54) is 0 Å². The van der Waals surface area contributed by atoms with Crippen molar-refractivity contribution >= 4 is 11.6 Å². The molecule has 2 N–H and O–H groups in total. The van der Waals surface area contributed by atoms with Crippen LogP contribution in [0, 0.1) is 0 Å². The minimum atomic E-state index is -0.616. The summed E-state index contributed by atoms with van der Waals surface area (Å²) in [4.78, 5) is 2.43. The largest absolute Gasteiger partial charge is 0.386 e. The summed E-state index contributed by atoms with van der Waals surface area (Å²) in [5, 5.41) is 22.6. The van der Waals surface area contributed by atoms with Crippen molar-refractivity contribution in [3.05, 3.63) is 46.7 Å². The zero-order valence-corrected chi connectivity index (χ0v) is 13.8. The first-order valence-electron chi connectivity index (χ1n) is 7.96. The van der Waals surface area contributed by atoms with E-state index >= 15 is 0 Å². The Balaban J connectivity index is 1.51. The van der Waals surface area contributed by atoms with Gasteiger partial charge in [0.2, 0.25) is 0 Å². The first kappa shape index (κ1) is 16.4. The Morgan fingerprint density at radius 1 is 1.22 bits per heavy atom. The fourth-order valence-electron chi connectivity index (χ4n) is 2.72. The molecular weight excluding hydrogens is 314 g/mol. The Kier molecular flexibility index (Phi) is 5.61.